The van der Waals surface area contributed by atoms with Gasteiger partial charge in [-0.2, -0.15) is 0 Å². The number of aromatic nitrogens is 1. The summed E-state index contributed by atoms with van der Waals surface area (Å²) >= 11 is 1.39. The number of amides is 1. The Morgan fingerprint density at radius 2 is 1.75 bits per heavy atom. The van der Waals surface area contributed by atoms with Gasteiger partial charge in [-0.15, -0.1) is 11.3 Å². The van der Waals surface area contributed by atoms with E-state index in [-0.39, 0.29) is 10.8 Å². The fourth-order valence-corrected chi connectivity index (χ4v) is 4.44. The summed E-state index contributed by atoms with van der Waals surface area (Å²) in [5.74, 6) is -0.307. The summed E-state index contributed by atoms with van der Waals surface area (Å²) in [6, 6.07) is 10.6. The van der Waals surface area contributed by atoms with Crippen LogP contribution in [0, 0.1) is 5.82 Å². The highest BCUT2D eigenvalue weighted by atomic mass is 32.2. The summed E-state index contributed by atoms with van der Waals surface area (Å²) in [5.41, 5.74) is 1.70. The van der Waals surface area contributed by atoms with E-state index in [2.05, 4.69) is 15.0 Å². The molecule has 9 heteroatoms. The number of carbonyl (C=O) groups is 1. The topological polar surface area (TPSA) is 88.2 Å². The minimum absolute atomic E-state index is 0.0500. The van der Waals surface area contributed by atoms with Crippen LogP contribution in [0.1, 0.15) is 34.8 Å². The summed E-state index contributed by atoms with van der Waals surface area (Å²) in [4.78, 5) is 16.7. The van der Waals surface area contributed by atoms with Crippen molar-refractivity contribution in [2.45, 2.75) is 23.7 Å². The molecule has 1 aliphatic rings. The highest BCUT2D eigenvalue weighted by Gasteiger charge is 2.26. The molecule has 1 amide bonds. The van der Waals surface area contributed by atoms with Gasteiger partial charge in [-0.05, 0) is 61.4 Å². The smallest absolute Gasteiger partial charge is 0.261 e. The van der Waals surface area contributed by atoms with Crippen LogP contribution in [0.2, 0.25) is 0 Å². The molecule has 0 atom stereocenters. The Balaban J connectivity index is 1.42. The number of anilines is 2. The molecule has 1 fully saturated rings. The summed E-state index contributed by atoms with van der Waals surface area (Å²) < 4.78 is 40.0. The van der Waals surface area contributed by atoms with Gasteiger partial charge in [-0.1, -0.05) is 0 Å². The molecular formula is C19H16FN3O3S2. The molecule has 3 aromatic rings. The van der Waals surface area contributed by atoms with Crippen LogP contribution in [0.3, 0.4) is 0 Å². The van der Waals surface area contributed by atoms with Gasteiger partial charge in [0.25, 0.3) is 15.9 Å². The number of hydrogen-bond donors (Lipinski definition) is 2. The van der Waals surface area contributed by atoms with Crippen LogP contribution in [0.4, 0.5) is 15.2 Å². The average molecular weight is 417 g/mol. The van der Waals surface area contributed by atoms with Crippen LogP contribution in [-0.2, 0) is 10.0 Å². The molecule has 1 aliphatic carbocycles. The Morgan fingerprint density at radius 1 is 1.07 bits per heavy atom. The minimum atomic E-state index is -3.84. The molecule has 6 nitrogen and oxygen atoms in total. The van der Waals surface area contributed by atoms with Crippen molar-refractivity contribution in [2.24, 2.45) is 0 Å². The van der Waals surface area contributed by atoms with Gasteiger partial charge < -0.3 is 0 Å². The van der Waals surface area contributed by atoms with Crippen LogP contribution in [0.5, 0.6) is 0 Å². The quantitative estimate of drug-likeness (QED) is 0.629. The Kier molecular flexibility index (Phi) is 4.86. The number of nitrogens with one attached hydrogen (secondary N) is 2. The van der Waals surface area contributed by atoms with E-state index in [1.165, 1.54) is 47.7 Å². The molecular weight excluding hydrogens is 401 g/mol. The predicted octanol–water partition coefficient (Wildman–Crippen LogP) is 4.21. The average Bonchev–Trinajstić information content (AvgIpc) is 3.42. The number of rotatable bonds is 6. The van der Waals surface area contributed by atoms with Gasteiger partial charge in [0.15, 0.2) is 5.13 Å². The second-order valence-electron chi connectivity index (χ2n) is 6.44. The van der Waals surface area contributed by atoms with E-state index in [0.29, 0.717) is 22.3 Å². The molecule has 0 radical (unpaired) electrons. The molecule has 144 valence electrons. The number of thiazole rings is 1. The first-order valence-electron chi connectivity index (χ1n) is 8.56. The normalized spacial score (nSPS) is 13.9. The maximum Gasteiger partial charge on any atom is 0.261 e. The van der Waals surface area contributed by atoms with E-state index in [0.717, 1.165) is 30.7 Å². The van der Waals surface area contributed by atoms with Crippen molar-refractivity contribution in [1.29, 1.82) is 0 Å². The second kappa shape index (κ2) is 7.33. The van der Waals surface area contributed by atoms with Gasteiger partial charge in [-0.25, -0.2) is 17.8 Å². The van der Waals surface area contributed by atoms with Crippen molar-refractivity contribution < 1.29 is 17.6 Å². The Labute approximate surface area is 165 Å². The lowest BCUT2D eigenvalue weighted by molar-refractivity contribution is 0.102. The summed E-state index contributed by atoms with van der Waals surface area (Å²) in [6.45, 7) is 0. The third-order valence-electron chi connectivity index (χ3n) is 4.26. The zero-order valence-electron chi connectivity index (χ0n) is 14.6. The number of benzene rings is 2. The SMILES string of the molecule is O=C(Nc1nc(C2CC2)cs1)c1ccc(NS(=O)(=O)c2ccc(F)cc2)cc1. The lowest BCUT2D eigenvalue weighted by atomic mass is 10.2. The van der Waals surface area contributed by atoms with Gasteiger partial charge in [0.2, 0.25) is 0 Å². The van der Waals surface area contributed by atoms with E-state index in [1.54, 1.807) is 0 Å². The van der Waals surface area contributed by atoms with Crippen molar-refractivity contribution >= 4 is 38.1 Å². The summed E-state index contributed by atoms with van der Waals surface area (Å²) in [6.07, 6.45) is 2.29. The molecule has 0 bridgehead atoms. The fourth-order valence-electron chi connectivity index (χ4n) is 2.60. The standard InChI is InChI=1S/C19H16FN3O3S2/c20-14-5-9-16(10-6-14)28(25,26)23-15-7-3-13(4-8-15)18(24)22-19-21-17(11-27-19)12-1-2-12/h3-12,23H,1-2H2,(H,21,22,24). The number of carbonyl (C=O) groups excluding carboxylic acids is 1. The number of sulfonamides is 1. The largest absolute Gasteiger partial charge is 0.298 e. The van der Waals surface area contributed by atoms with E-state index < -0.39 is 15.8 Å². The first-order chi connectivity index (χ1) is 13.4. The van der Waals surface area contributed by atoms with E-state index in [1.807, 2.05) is 5.38 Å². The van der Waals surface area contributed by atoms with Crippen molar-refractivity contribution in [3.8, 4) is 0 Å². The highest BCUT2D eigenvalue weighted by molar-refractivity contribution is 7.92. The van der Waals surface area contributed by atoms with E-state index in [9.17, 15) is 17.6 Å². The summed E-state index contributed by atoms with van der Waals surface area (Å²) in [7, 11) is -3.84. The van der Waals surface area contributed by atoms with Gasteiger partial charge in [0.05, 0.1) is 10.6 Å². The van der Waals surface area contributed by atoms with E-state index >= 15 is 0 Å². The van der Waals surface area contributed by atoms with Crippen LogP contribution in [0.15, 0.2) is 58.8 Å². The van der Waals surface area contributed by atoms with Crippen LogP contribution >= 0.6 is 11.3 Å². The van der Waals surface area contributed by atoms with Gasteiger partial charge in [0, 0.05) is 22.5 Å². The second-order valence-corrected chi connectivity index (χ2v) is 8.98. The molecule has 1 saturated carbocycles. The first-order valence-corrected chi connectivity index (χ1v) is 10.9. The Morgan fingerprint density at radius 3 is 2.39 bits per heavy atom. The zero-order chi connectivity index (χ0) is 19.7. The monoisotopic (exact) mass is 417 g/mol. The first kappa shape index (κ1) is 18.6. The predicted molar refractivity (Wildman–Crippen MR) is 106 cm³/mol. The van der Waals surface area contributed by atoms with Gasteiger partial charge >= 0.3 is 0 Å². The molecule has 0 aliphatic heterocycles. The Hall–Kier alpha value is -2.78. The number of halogens is 1. The third kappa shape index (κ3) is 4.20. The van der Waals surface area contributed by atoms with Crippen LogP contribution in [0.25, 0.3) is 0 Å². The van der Waals surface area contributed by atoms with Gasteiger partial charge in [0.1, 0.15) is 5.82 Å². The third-order valence-corrected chi connectivity index (χ3v) is 6.43. The molecule has 2 aromatic carbocycles. The van der Waals surface area contributed by atoms with Crippen molar-refractivity contribution in [3.05, 3.63) is 71.0 Å². The molecule has 4 rings (SSSR count). The highest BCUT2D eigenvalue weighted by Crippen LogP contribution is 2.40. The van der Waals surface area contributed by atoms with Crippen LogP contribution < -0.4 is 10.0 Å². The molecule has 0 spiro atoms. The minimum Gasteiger partial charge on any atom is -0.298 e. The maximum atomic E-state index is 13.0. The van der Waals surface area contributed by atoms with Crippen molar-refractivity contribution in [2.75, 3.05) is 10.0 Å². The van der Waals surface area contributed by atoms with Crippen LogP contribution in [-0.4, -0.2) is 19.3 Å². The molecule has 2 N–H and O–H groups in total. The summed E-state index contributed by atoms with van der Waals surface area (Å²) in [5, 5.41) is 5.26. The molecule has 1 heterocycles. The van der Waals surface area contributed by atoms with E-state index in [4.69, 9.17) is 0 Å². The Bertz CT molecular complexity index is 1110. The van der Waals surface area contributed by atoms with Crippen molar-refractivity contribution in [1.82, 2.24) is 4.98 Å². The molecule has 1 aromatic heterocycles. The lowest BCUT2D eigenvalue weighted by Gasteiger charge is -2.09. The van der Waals surface area contributed by atoms with Gasteiger partial charge in [-0.3, -0.25) is 14.8 Å². The lowest BCUT2D eigenvalue weighted by Crippen LogP contribution is -2.14. The fraction of sp³-hybridized carbons (Fsp3) is 0.158. The molecule has 28 heavy (non-hydrogen) atoms. The maximum absolute atomic E-state index is 13.0. The number of hydrogen-bond acceptors (Lipinski definition) is 5. The molecule has 0 unspecified atom stereocenters. The molecule has 0 saturated heterocycles. The van der Waals surface area contributed by atoms with Crippen molar-refractivity contribution in [3.63, 3.8) is 0 Å². The zero-order valence-corrected chi connectivity index (χ0v) is 16.2. The number of nitrogens with zero attached hydrogens (tertiary/aromatic N) is 1.